The molecule has 0 aliphatic heterocycles. The zero-order valence-corrected chi connectivity index (χ0v) is 16.8. The van der Waals surface area contributed by atoms with E-state index in [0.717, 1.165) is 41.7 Å². The number of fused-ring (bicyclic) bond motifs is 1. The van der Waals surface area contributed by atoms with Crippen LogP contribution in [0.5, 0.6) is 0 Å². The second kappa shape index (κ2) is 7.44. The first-order valence-corrected chi connectivity index (χ1v) is 10.6. The van der Waals surface area contributed by atoms with Gasteiger partial charge in [-0.25, -0.2) is 9.37 Å². The molecule has 28 heavy (non-hydrogen) atoms. The number of hydrogen-bond acceptors (Lipinski definition) is 5. The van der Waals surface area contributed by atoms with E-state index in [9.17, 15) is 14.0 Å². The molecule has 2 aromatic heterocycles. The van der Waals surface area contributed by atoms with Gasteiger partial charge in [0.2, 0.25) is 0 Å². The maximum absolute atomic E-state index is 13.1. The fourth-order valence-corrected chi connectivity index (χ4v) is 5.65. The lowest BCUT2D eigenvalue weighted by Gasteiger charge is -2.11. The van der Waals surface area contributed by atoms with E-state index in [2.05, 4.69) is 10.3 Å². The number of anilines is 1. The molecular weight excluding hydrogens is 397 g/mol. The average Bonchev–Trinajstić information content (AvgIpc) is 3.22. The quantitative estimate of drug-likeness (QED) is 0.656. The minimum atomic E-state index is -0.511. The van der Waals surface area contributed by atoms with Gasteiger partial charge in [0.1, 0.15) is 20.7 Å². The van der Waals surface area contributed by atoms with Crippen LogP contribution in [0.2, 0.25) is 0 Å². The van der Waals surface area contributed by atoms with Crippen molar-refractivity contribution in [3.8, 4) is 10.6 Å². The Bertz CT molecular complexity index is 1070. The summed E-state index contributed by atoms with van der Waals surface area (Å²) in [7, 11) is 0. The predicted molar refractivity (Wildman–Crippen MR) is 110 cm³/mol. The molecule has 5 nitrogen and oxygen atoms in total. The first-order valence-electron chi connectivity index (χ1n) is 8.93. The molecule has 3 N–H and O–H groups in total. The largest absolute Gasteiger partial charge is 0.365 e. The van der Waals surface area contributed by atoms with E-state index >= 15 is 0 Å². The summed E-state index contributed by atoms with van der Waals surface area (Å²) >= 11 is 2.67. The molecule has 0 radical (unpaired) electrons. The minimum Gasteiger partial charge on any atom is -0.365 e. The highest BCUT2D eigenvalue weighted by Crippen LogP contribution is 2.38. The zero-order chi connectivity index (χ0) is 19.8. The monoisotopic (exact) mass is 415 g/mol. The highest BCUT2D eigenvalue weighted by atomic mass is 32.1. The number of benzene rings is 1. The van der Waals surface area contributed by atoms with Gasteiger partial charge in [-0.3, -0.25) is 9.59 Å². The van der Waals surface area contributed by atoms with Crippen molar-refractivity contribution in [1.29, 1.82) is 0 Å². The van der Waals surface area contributed by atoms with E-state index in [-0.39, 0.29) is 11.7 Å². The molecule has 0 unspecified atom stereocenters. The molecule has 3 aromatic rings. The fourth-order valence-electron chi connectivity index (χ4n) is 3.40. The van der Waals surface area contributed by atoms with Crippen molar-refractivity contribution in [2.45, 2.75) is 32.6 Å². The number of nitrogens with two attached hydrogens (primary N) is 1. The second-order valence-corrected chi connectivity index (χ2v) is 8.78. The van der Waals surface area contributed by atoms with Gasteiger partial charge in [0.05, 0.1) is 11.3 Å². The first kappa shape index (κ1) is 18.8. The molecule has 2 heterocycles. The number of nitrogens with one attached hydrogen (secondary N) is 1. The Balaban J connectivity index is 1.64. The molecule has 2 amide bonds. The highest BCUT2D eigenvalue weighted by Gasteiger charge is 2.26. The van der Waals surface area contributed by atoms with Crippen molar-refractivity contribution >= 4 is 39.5 Å². The molecule has 0 saturated carbocycles. The van der Waals surface area contributed by atoms with Gasteiger partial charge >= 0.3 is 0 Å². The maximum Gasteiger partial charge on any atom is 0.268 e. The summed E-state index contributed by atoms with van der Waals surface area (Å²) in [4.78, 5) is 30.9. The van der Waals surface area contributed by atoms with E-state index in [0.29, 0.717) is 26.1 Å². The van der Waals surface area contributed by atoms with Crippen LogP contribution in [0.4, 0.5) is 9.39 Å². The van der Waals surface area contributed by atoms with Gasteiger partial charge < -0.3 is 11.1 Å². The van der Waals surface area contributed by atoms with Crippen LogP contribution in [0.15, 0.2) is 24.3 Å². The molecule has 0 saturated heterocycles. The molecule has 144 valence electrons. The van der Waals surface area contributed by atoms with Gasteiger partial charge in [-0.1, -0.05) is 0 Å². The van der Waals surface area contributed by atoms with Crippen molar-refractivity contribution < 1.29 is 14.0 Å². The number of carbonyl (C=O) groups is 2. The molecule has 0 bridgehead atoms. The lowest BCUT2D eigenvalue weighted by Crippen LogP contribution is -2.18. The van der Waals surface area contributed by atoms with Crippen molar-refractivity contribution in [2.75, 3.05) is 5.32 Å². The second-order valence-electron chi connectivity index (χ2n) is 6.67. The van der Waals surface area contributed by atoms with Crippen LogP contribution >= 0.6 is 22.7 Å². The molecule has 1 aliphatic rings. The van der Waals surface area contributed by atoms with Gasteiger partial charge in [0, 0.05) is 10.4 Å². The molecule has 0 fully saturated rings. The summed E-state index contributed by atoms with van der Waals surface area (Å²) in [5.41, 5.74) is 8.35. The standard InChI is InChI=1S/C20H18FN3O2S2/c1-10-16(28-19(23-10)11-6-8-12(21)9-7-11)18(26)24-20-15(17(22)25)13-4-2-3-5-14(13)27-20/h6-9H,2-5H2,1H3,(H2,22,25)(H,24,26). The molecule has 0 atom stereocenters. The SMILES string of the molecule is Cc1nc(-c2ccc(F)cc2)sc1C(=O)Nc1sc2c(c1C(N)=O)CCCC2. The number of nitrogens with zero attached hydrogens (tertiary/aromatic N) is 1. The summed E-state index contributed by atoms with van der Waals surface area (Å²) in [6, 6.07) is 5.99. The first-order chi connectivity index (χ1) is 13.4. The van der Waals surface area contributed by atoms with Crippen LogP contribution in [-0.2, 0) is 12.8 Å². The zero-order valence-electron chi connectivity index (χ0n) is 15.2. The summed E-state index contributed by atoms with van der Waals surface area (Å²) < 4.78 is 13.1. The number of rotatable bonds is 4. The number of carbonyl (C=O) groups excluding carboxylic acids is 2. The average molecular weight is 416 g/mol. The van der Waals surface area contributed by atoms with E-state index in [4.69, 9.17) is 5.73 Å². The lowest BCUT2D eigenvalue weighted by atomic mass is 9.95. The highest BCUT2D eigenvalue weighted by molar-refractivity contribution is 7.18. The number of thiazole rings is 1. The summed E-state index contributed by atoms with van der Waals surface area (Å²) in [5, 5.41) is 4.03. The number of aryl methyl sites for hydroxylation is 2. The summed E-state index contributed by atoms with van der Waals surface area (Å²) in [5.74, 6) is -1.15. The maximum atomic E-state index is 13.1. The number of amides is 2. The fraction of sp³-hybridized carbons (Fsp3) is 0.250. The molecule has 4 rings (SSSR count). The number of halogens is 1. The van der Waals surface area contributed by atoms with E-state index in [1.165, 1.54) is 34.8 Å². The summed E-state index contributed by atoms with van der Waals surface area (Å²) in [6.45, 7) is 1.76. The van der Waals surface area contributed by atoms with E-state index in [1.54, 1.807) is 19.1 Å². The number of hydrogen-bond donors (Lipinski definition) is 2. The third-order valence-electron chi connectivity index (χ3n) is 4.74. The Morgan fingerprint density at radius 3 is 2.57 bits per heavy atom. The Kier molecular flexibility index (Phi) is 4.99. The van der Waals surface area contributed by atoms with Crippen LogP contribution < -0.4 is 11.1 Å². The number of primary amides is 1. The lowest BCUT2D eigenvalue weighted by molar-refractivity contribution is 0.100. The number of thiophene rings is 1. The van der Waals surface area contributed by atoms with Gasteiger partial charge in [-0.15, -0.1) is 22.7 Å². The van der Waals surface area contributed by atoms with Crippen molar-refractivity contribution in [3.63, 3.8) is 0 Å². The Labute approximate surface area is 169 Å². The number of aromatic nitrogens is 1. The normalized spacial score (nSPS) is 13.2. The van der Waals surface area contributed by atoms with Crippen molar-refractivity contribution in [2.24, 2.45) is 5.73 Å². The van der Waals surface area contributed by atoms with Crippen LogP contribution in [0, 0.1) is 12.7 Å². The van der Waals surface area contributed by atoms with Gasteiger partial charge in [0.25, 0.3) is 11.8 Å². The van der Waals surface area contributed by atoms with Crippen LogP contribution in [0.1, 0.15) is 49.0 Å². The van der Waals surface area contributed by atoms with E-state index in [1.807, 2.05) is 0 Å². The summed E-state index contributed by atoms with van der Waals surface area (Å²) in [6.07, 6.45) is 3.82. The van der Waals surface area contributed by atoms with Crippen LogP contribution in [-0.4, -0.2) is 16.8 Å². The van der Waals surface area contributed by atoms with E-state index < -0.39 is 5.91 Å². The molecule has 1 aromatic carbocycles. The predicted octanol–water partition coefficient (Wildman–Crippen LogP) is 4.55. The topological polar surface area (TPSA) is 85.1 Å². The van der Waals surface area contributed by atoms with Crippen LogP contribution in [0.3, 0.4) is 0 Å². The molecule has 1 aliphatic carbocycles. The smallest absolute Gasteiger partial charge is 0.268 e. The molecular formula is C20H18FN3O2S2. The molecule has 0 spiro atoms. The van der Waals surface area contributed by atoms with Crippen LogP contribution in [0.25, 0.3) is 10.6 Å². The Hall–Kier alpha value is -2.58. The Morgan fingerprint density at radius 1 is 1.14 bits per heavy atom. The van der Waals surface area contributed by atoms with Crippen molar-refractivity contribution in [3.05, 3.63) is 56.7 Å². The third kappa shape index (κ3) is 3.45. The third-order valence-corrected chi connectivity index (χ3v) is 7.15. The van der Waals surface area contributed by atoms with Gasteiger partial charge in [-0.05, 0) is 62.4 Å². The minimum absolute atomic E-state index is 0.315. The van der Waals surface area contributed by atoms with Crippen molar-refractivity contribution in [1.82, 2.24) is 4.98 Å². The van der Waals surface area contributed by atoms with Gasteiger partial charge in [-0.2, -0.15) is 0 Å². The van der Waals surface area contributed by atoms with Gasteiger partial charge in [0.15, 0.2) is 0 Å². The molecule has 8 heteroatoms. The Morgan fingerprint density at radius 2 is 1.86 bits per heavy atom.